The minimum atomic E-state index is -0.347. The van der Waals surface area contributed by atoms with E-state index >= 15 is 0 Å². The van der Waals surface area contributed by atoms with Gasteiger partial charge in [-0.25, -0.2) is 0 Å². The number of anilines is 1. The SMILES string of the molecule is COc1ccc(C(=O)Nc2ccc(C(=O)NCc3ccc(CN)cc3)c(Cl)c2)cc1OC. The maximum Gasteiger partial charge on any atom is 0.255 e. The van der Waals surface area contributed by atoms with E-state index in [9.17, 15) is 9.59 Å². The average Bonchev–Trinajstić information content (AvgIpc) is 2.82. The van der Waals surface area contributed by atoms with E-state index in [1.807, 2.05) is 24.3 Å². The number of carbonyl (C=O) groups is 2. The predicted octanol–water partition coefficient (Wildman–Crippen LogP) is 4.00. The van der Waals surface area contributed by atoms with Crippen LogP contribution in [0.1, 0.15) is 31.8 Å². The first-order chi connectivity index (χ1) is 15.4. The highest BCUT2D eigenvalue weighted by Crippen LogP contribution is 2.28. The number of nitrogens with one attached hydrogen (secondary N) is 2. The van der Waals surface area contributed by atoms with Crippen molar-refractivity contribution in [2.45, 2.75) is 13.1 Å². The van der Waals surface area contributed by atoms with Gasteiger partial charge in [-0.05, 0) is 47.5 Å². The first kappa shape index (κ1) is 23.1. The number of carbonyl (C=O) groups excluding carboxylic acids is 2. The number of rotatable bonds is 8. The van der Waals surface area contributed by atoms with E-state index in [-0.39, 0.29) is 16.8 Å². The van der Waals surface area contributed by atoms with E-state index in [1.54, 1.807) is 30.3 Å². The molecule has 3 rings (SSSR count). The number of ether oxygens (including phenoxy) is 2. The molecule has 0 heterocycles. The molecule has 0 saturated carbocycles. The summed E-state index contributed by atoms with van der Waals surface area (Å²) in [4.78, 5) is 25.1. The topological polar surface area (TPSA) is 103 Å². The Morgan fingerprint density at radius 3 is 2.19 bits per heavy atom. The van der Waals surface area contributed by atoms with Crippen molar-refractivity contribution in [3.8, 4) is 11.5 Å². The van der Waals surface area contributed by atoms with E-state index in [0.717, 1.165) is 11.1 Å². The zero-order valence-corrected chi connectivity index (χ0v) is 18.5. The summed E-state index contributed by atoms with van der Waals surface area (Å²) in [6, 6.07) is 17.2. The zero-order chi connectivity index (χ0) is 23.1. The van der Waals surface area contributed by atoms with Crippen molar-refractivity contribution in [3.63, 3.8) is 0 Å². The van der Waals surface area contributed by atoms with Gasteiger partial charge in [-0.2, -0.15) is 0 Å². The lowest BCUT2D eigenvalue weighted by Gasteiger charge is -2.11. The maximum absolute atomic E-state index is 12.6. The fourth-order valence-electron chi connectivity index (χ4n) is 3.03. The number of nitrogens with two attached hydrogens (primary N) is 1. The van der Waals surface area contributed by atoms with E-state index in [2.05, 4.69) is 10.6 Å². The normalized spacial score (nSPS) is 10.4. The van der Waals surface area contributed by atoms with Crippen LogP contribution < -0.4 is 25.8 Å². The molecule has 2 amide bonds. The quantitative estimate of drug-likeness (QED) is 0.478. The molecule has 0 radical (unpaired) electrons. The lowest BCUT2D eigenvalue weighted by atomic mass is 10.1. The van der Waals surface area contributed by atoms with Crippen LogP contribution in [0.25, 0.3) is 0 Å². The van der Waals surface area contributed by atoms with Gasteiger partial charge in [-0.15, -0.1) is 0 Å². The van der Waals surface area contributed by atoms with Gasteiger partial charge in [0, 0.05) is 24.3 Å². The number of hydrogen-bond donors (Lipinski definition) is 3. The fraction of sp³-hybridized carbons (Fsp3) is 0.167. The van der Waals surface area contributed by atoms with E-state index in [4.69, 9.17) is 26.8 Å². The second-order valence-corrected chi connectivity index (χ2v) is 7.33. The largest absolute Gasteiger partial charge is 0.493 e. The highest BCUT2D eigenvalue weighted by molar-refractivity contribution is 6.34. The van der Waals surface area contributed by atoms with Crippen molar-refractivity contribution in [3.05, 3.63) is 87.9 Å². The Bertz CT molecular complexity index is 1120. The van der Waals surface area contributed by atoms with Crippen LogP contribution in [0.3, 0.4) is 0 Å². The van der Waals surface area contributed by atoms with Crippen molar-refractivity contribution in [1.29, 1.82) is 0 Å². The third-order valence-corrected chi connectivity index (χ3v) is 5.14. The van der Waals surface area contributed by atoms with Gasteiger partial charge in [0.05, 0.1) is 24.8 Å². The van der Waals surface area contributed by atoms with Crippen molar-refractivity contribution >= 4 is 29.1 Å². The predicted molar refractivity (Wildman–Crippen MR) is 124 cm³/mol. The van der Waals surface area contributed by atoms with Gasteiger partial charge in [0.25, 0.3) is 11.8 Å². The molecular weight excluding hydrogens is 430 g/mol. The molecule has 32 heavy (non-hydrogen) atoms. The van der Waals surface area contributed by atoms with Crippen LogP contribution in [-0.4, -0.2) is 26.0 Å². The molecule has 4 N–H and O–H groups in total. The van der Waals surface area contributed by atoms with Gasteiger partial charge in [-0.3, -0.25) is 9.59 Å². The molecule has 0 fully saturated rings. The maximum atomic E-state index is 12.6. The molecule has 8 heteroatoms. The molecule has 0 unspecified atom stereocenters. The first-order valence-corrected chi connectivity index (χ1v) is 10.2. The van der Waals surface area contributed by atoms with Crippen molar-refractivity contribution in [2.75, 3.05) is 19.5 Å². The molecular formula is C24H24ClN3O4. The van der Waals surface area contributed by atoms with Crippen LogP contribution in [0.15, 0.2) is 60.7 Å². The fourth-order valence-corrected chi connectivity index (χ4v) is 3.29. The lowest BCUT2D eigenvalue weighted by molar-refractivity contribution is 0.0950. The molecule has 3 aromatic carbocycles. The zero-order valence-electron chi connectivity index (χ0n) is 17.8. The summed E-state index contributed by atoms with van der Waals surface area (Å²) >= 11 is 6.30. The minimum Gasteiger partial charge on any atom is -0.493 e. The average molecular weight is 454 g/mol. The molecule has 0 aliphatic carbocycles. The van der Waals surface area contributed by atoms with Crippen LogP contribution in [0.5, 0.6) is 11.5 Å². The standard InChI is InChI=1S/C24H24ClN3O4/c1-31-21-10-7-17(11-22(21)32-2)23(29)28-18-8-9-19(20(25)12-18)24(30)27-14-16-5-3-15(13-26)4-6-16/h3-12H,13-14,26H2,1-2H3,(H,27,30)(H,28,29). The Hall–Kier alpha value is -3.55. The summed E-state index contributed by atoms with van der Waals surface area (Å²) in [5, 5.41) is 5.82. The van der Waals surface area contributed by atoms with Crippen molar-refractivity contribution in [1.82, 2.24) is 5.32 Å². The lowest BCUT2D eigenvalue weighted by Crippen LogP contribution is -2.23. The molecule has 7 nitrogen and oxygen atoms in total. The van der Waals surface area contributed by atoms with Crippen molar-refractivity contribution < 1.29 is 19.1 Å². The number of amides is 2. The van der Waals surface area contributed by atoms with Crippen LogP contribution in [0.2, 0.25) is 5.02 Å². The molecule has 0 atom stereocenters. The molecule has 0 spiro atoms. The Morgan fingerprint density at radius 1 is 0.875 bits per heavy atom. The van der Waals surface area contributed by atoms with E-state index < -0.39 is 0 Å². The van der Waals surface area contributed by atoms with E-state index in [1.165, 1.54) is 20.3 Å². The smallest absolute Gasteiger partial charge is 0.255 e. The summed E-state index contributed by atoms with van der Waals surface area (Å²) in [6.45, 7) is 0.828. The highest BCUT2D eigenvalue weighted by Gasteiger charge is 2.14. The summed E-state index contributed by atoms with van der Waals surface area (Å²) in [5.74, 6) is 0.316. The Morgan fingerprint density at radius 2 is 1.56 bits per heavy atom. The summed E-state index contributed by atoms with van der Waals surface area (Å²) in [6.07, 6.45) is 0. The van der Waals surface area contributed by atoms with Crippen LogP contribution in [0, 0.1) is 0 Å². The molecule has 0 bridgehead atoms. The monoisotopic (exact) mass is 453 g/mol. The van der Waals surface area contributed by atoms with Crippen LogP contribution in [0.4, 0.5) is 5.69 Å². The molecule has 0 aromatic heterocycles. The van der Waals surface area contributed by atoms with Crippen molar-refractivity contribution in [2.24, 2.45) is 5.73 Å². The van der Waals surface area contributed by atoms with Gasteiger partial charge >= 0.3 is 0 Å². The Balaban J connectivity index is 1.65. The van der Waals surface area contributed by atoms with Gasteiger partial charge < -0.3 is 25.8 Å². The van der Waals surface area contributed by atoms with Crippen LogP contribution >= 0.6 is 11.6 Å². The second kappa shape index (κ2) is 10.7. The Labute approximate surface area is 191 Å². The molecule has 3 aromatic rings. The third kappa shape index (κ3) is 5.57. The first-order valence-electron chi connectivity index (χ1n) is 9.84. The third-order valence-electron chi connectivity index (χ3n) is 4.83. The van der Waals surface area contributed by atoms with Gasteiger partial charge in [-0.1, -0.05) is 35.9 Å². The summed E-state index contributed by atoms with van der Waals surface area (Å²) in [7, 11) is 3.02. The summed E-state index contributed by atoms with van der Waals surface area (Å²) < 4.78 is 10.4. The van der Waals surface area contributed by atoms with E-state index in [0.29, 0.717) is 41.4 Å². The number of benzene rings is 3. The van der Waals surface area contributed by atoms with Gasteiger partial charge in [0.2, 0.25) is 0 Å². The minimum absolute atomic E-state index is 0.228. The van der Waals surface area contributed by atoms with Crippen LogP contribution in [-0.2, 0) is 13.1 Å². The molecule has 166 valence electrons. The molecule has 0 aliphatic heterocycles. The molecule has 0 saturated heterocycles. The van der Waals surface area contributed by atoms with Gasteiger partial charge in [0.15, 0.2) is 11.5 Å². The number of hydrogen-bond acceptors (Lipinski definition) is 5. The Kier molecular flexibility index (Phi) is 7.70. The van der Waals surface area contributed by atoms with Gasteiger partial charge in [0.1, 0.15) is 0 Å². The number of methoxy groups -OCH3 is 2. The molecule has 0 aliphatic rings. The summed E-state index contributed by atoms with van der Waals surface area (Å²) in [5.41, 5.74) is 8.73. The number of halogens is 1. The second-order valence-electron chi connectivity index (χ2n) is 6.92. The highest BCUT2D eigenvalue weighted by atomic mass is 35.5.